The summed E-state index contributed by atoms with van der Waals surface area (Å²) in [5, 5.41) is 9.88. The first kappa shape index (κ1) is 29.8. The van der Waals surface area contributed by atoms with E-state index in [2.05, 4.69) is 16.0 Å². The second-order valence-corrected chi connectivity index (χ2v) is 12.8. The van der Waals surface area contributed by atoms with Crippen LogP contribution in [0, 0.1) is 11.2 Å². The van der Waals surface area contributed by atoms with Gasteiger partial charge in [0.05, 0.1) is 18.8 Å². The van der Waals surface area contributed by atoms with Gasteiger partial charge < -0.3 is 26.4 Å². The molecule has 0 aliphatic carbocycles. The molecule has 11 heteroatoms. The number of primary amides is 1. The van der Waals surface area contributed by atoms with Crippen molar-refractivity contribution in [3.8, 4) is 5.75 Å². The third-order valence-electron chi connectivity index (χ3n) is 7.89. The van der Waals surface area contributed by atoms with Gasteiger partial charge in [-0.3, -0.25) is 14.4 Å². The number of ether oxygens (including phenoxy) is 1. The fourth-order valence-electron chi connectivity index (χ4n) is 6.34. The zero-order valence-electron chi connectivity index (χ0n) is 23.5. The topological polar surface area (TPSA) is 123 Å². The van der Waals surface area contributed by atoms with E-state index in [1.54, 1.807) is 24.3 Å². The molecule has 5 rings (SSSR count). The SMILES string of the molecule is COc1cc(C(N)=O)ccc1NC(=O)[C@H]1N[C@H](CC(C)(C)C)C2(C(=O)Nc3cc(Cl)ccc32)[C@@H]1c1cc(F)cc(Cl)c1. The zero-order chi connectivity index (χ0) is 30.6. The van der Waals surface area contributed by atoms with Crippen molar-refractivity contribution in [2.75, 3.05) is 17.7 Å². The third-order valence-corrected chi connectivity index (χ3v) is 8.35. The van der Waals surface area contributed by atoms with Crippen LogP contribution in [0.3, 0.4) is 0 Å². The Morgan fingerprint density at radius 1 is 1.07 bits per heavy atom. The van der Waals surface area contributed by atoms with Crippen molar-refractivity contribution in [3.63, 3.8) is 0 Å². The molecule has 3 aromatic carbocycles. The molecule has 0 radical (unpaired) electrons. The van der Waals surface area contributed by atoms with Crippen LogP contribution >= 0.6 is 23.2 Å². The quantitative estimate of drug-likeness (QED) is 0.287. The number of carbonyl (C=O) groups excluding carboxylic acids is 3. The van der Waals surface area contributed by atoms with E-state index in [4.69, 9.17) is 33.7 Å². The molecule has 8 nitrogen and oxygen atoms in total. The van der Waals surface area contributed by atoms with Crippen molar-refractivity contribution in [3.05, 3.63) is 87.2 Å². The number of methoxy groups -OCH3 is 1. The summed E-state index contributed by atoms with van der Waals surface area (Å²) in [5.41, 5.74) is 5.91. The van der Waals surface area contributed by atoms with Crippen LogP contribution in [-0.4, -0.2) is 36.9 Å². The maximum Gasteiger partial charge on any atom is 0.248 e. The molecule has 2 aliphatic rings. The van der Waals surface area contributed by atoms with Crippen molar-refractivity contribution in [1.29, 1.82) is 0 Å². The monoisotopic (exact) mass is 612 g/mol. The smallest absolute Gasteiger partial charge is 0.248 e. The average molecular weight is 614 g/mol. The number of nitrogens with two attached hydrogens (primary N) is 1. The van der Waals surface area contributed by atoms with Gasteiger partial charge in [0.2, 0.25) is 17.7 Å². The molecule has 220 valence electrons. The molecule has 2 heterocycles. The number of rotatable bonds is 6. The Morgan fingerprint density at radius 2 is 1.81 bits per heavy atom. The first-order valence-corrected chi connectivity index (χ1v) is 14.1. The van der Waals surface area contributed by atoms with Gasteiger partial charge in [-0.25, -0.2) is 4.39 Å². The molecule has 3 amide bonds. The van der Waals surface area contributed by atoms with Crippen LogP contribution in [0.4, 0.5) is 15.8 Å². The largest absolute Gasteiger partial charge is 0.495 e. The summed E-state index contributed by atoms with van der Waals surface area (Å²) < 4.78 is 20.3. The molecular weight excluding hydrogens is 582 g/mol. The summed E-state index contributed by atoms with van der Waals surface area (Å²) >= 11 is 12.6. The highest BCUT2D eigenvalue weighted by Crippen LogP contribution is 2.57. The van der Waals surface area contributed by atoms with Gasteiger partial charge in [-0.05, 0) is 71.5 Å². The Balaban J connectivity index is 1.69. The van der Waals surface area contributed by atoms with Crippen LogP contribution < -0.4 is 26.4 Å². The van der Waals surface area contributed by atoms with Gasteiger partial charge in [-0.1, -0.05) is 50.0 Å². The summed E-state index contributed by atoms with van der Waals surface area (Å²) in [7, 11) is 1.40. The van der Waals surface area contributed by atoms with E-state index in [0.717, 1.165) is 0 Å². The average Bonchev–Trinajstić information content (AvgIpc) is 3.37. The van der Waals surface area contributed by atoms with Crippen molar-refractivity contribution < 1.29 is 23.5 Å². The molecule has 1 unspecified atom stereocenters. The van der Waals surface area contributed by atoms with Crippen molar-refractivity contribution in [2.45, 2.75) is 50.6 Å². The van der Waals surface area contributed by atoms with Crippen LogP contribution in [-0.2, 0) is 15.0 Å². The maximum atomic E-state index is 14.9. The molecule has 42 heavy (non-hydrogen) atoms. The Kier molecular flexibility index (Phi) is 7.72. The zero-order valence-corrected chi connectivity index (χ0v) is 25.0. The number of benzene rings is 3. The maximum absolute atomic E-state index is 14.9. The lowest BCUT2D eigenvalue weighted by atomic mass is 9.62. The Hall–Kier alpha value is -3.66. The van der Waals surface area contributed by atoms with E-state index in [1.807, 2.05) is 20.8 Å². The lowest BCUT2D eigenvalue weighted by Gasteiger charge is -2.37. The van der Waals surface area contributed by atoms with Crippen LogP contribution in [0.25, 0.3) is 0 Å². The molecule has 3 aromatic rings. The normalized spacial score (nSPS) is 23.0. The highest BCUT2D eigenvalue weighted by atomic mass is 35.5. The molecule has 5 N–H and O–H groups in total. The molecular formula is C31H31Cl2FN4O4. The first-order chi connectivity index (χ1) is 19.7. The van der Waals surface area contributed by atoms with Gasteiger partial charge in [0, 0.05) is 33.3 Å². The lowest BCUT2D eigenvalue weighted by molar-refractivity contribution is -0.122. The first-order valence-electron chi connectivity index (χ1n) is 13.4. The fourth-order valence-corrected chi connectivity index (χ4v) is 6.74. The van der Waals surface area contributed by atoms with Gasteiger partial charge >= 0.3 is 0 Å². The number of nitrogens with one attached hydrogen (secondary N) is 3. The molecule has 1 saturated heterocycles. The molecule has 0 saturated carbocycles. The minimum Gasteiger partial charge on any atom is -0.495 e. The van der Waals surface area contributed by atoms with E-state index in [9.17, 15) is 18.8 Å². The number of amides is 3. The number of hydrogen-bond donors (Lipinski definition) is 4. The van der Waals surface area contributed by atoms with Gasteiger partial charge in [0.15, 0.2) is 0 Å². The summed E-state index contributed by atoms with van der Waals surface area (Å²) in [6.45, 7) is 6.14. The highest BCUT2D eigenvalue weighted by molar-refractivity contribution is 6.31. The highest BCUT2D eigenvalue weighted by Gasteiger charge is 2.65. The minimum absolute atomic E-state index is 0.136. The Bertz CT molecular complexity index is 1590. The van der Waals surface area contributed by atoms with Crippen LogP contribution in [0.5, 0.6) is 5.75 Å². The summed E-state index contributed by atoms with van der Waals surface area (Å²) in [5.74, 6) is -2.71. The van der Waals surface area contributed by atoms with Gasteiger partial charge in [0.1, 0.15) is 17.0 Å². The lowest BCUT2D eigenvalue weighted by Crippen LogP contribution is -2.49. The third kappa shape index (κ3) is 5.21. The number of carbonyl (C=O) groups is 3. The second kappa shape index (κ2) is 10.9. The summed E-state index contributed by atoms with van der Waals surface area (Å²) in [4.78, 5) is 40.1. The number of fused-ring (bicyclic) bond motifs is 2. The molecule has 4 atom stereocenters. The predicted molar refractivity (Wildman–Crippen MR) is 161 cm³/mol. The Labute approximate surface area is 253 Å². The second-order valence-electron chi connectivity index (χ2n) is 11.9. The van der Waals surface area contributed by atoms with E-state index < -0.39 is 41.0 Å². The number of halogens is 3. The molecule has 0 aromatic heterocycles. The number of hydrogen-bond acceptors (Lipinski definition) is 5. The minimum atomic E-state index is -1.31. The van der Waals surface area contributed by atoms with Crippen molar-refractivity contribution in [2.24, 2.45) is 11.1 Å². The van der Waals surface area contributed by atoms with Gasteiger partial charge in [-0.2, -0.15) is 0 Å². The fraction of sp³-hybridized carbons (Fsp3) is 0.323. The summed E-state index contributed by atoms with van der Waals surface area (Å²) in [6, 6.07) is 12.1. The van der Waals surface area contributed by atoms with E-state index in [1.165, 1.54) is 37.4 Å². The van der Waals surface area contributed by atoms with E-state index >= 15 is 0 Å². The van der Waals surface area contributed by atoms with E-state index in [0.29, 0.717) is 33.9 Å². The number of anilines is 2. The summed E-state index contributed by atoms with van der Waals surface area (Å²) in [6.07, 6.45) is 0.502. The molecule has 0 bridgehead atoms. The van der Waals surface area contributed by atoms with Crippen LogP contribution in [0.2, 0.25) is 10.0 Å². The molecule has 1 spiro atoms. The van der Waals surface area contributed by atoms with Crippen molar-refractivity contribution in [1.82, 2.24) is 5.32 Å². The van der Waals surface area contributed by atoms with Crippen molar-refractivity contribution >= 4 is 52.3 Å². The standard InChI is InChI=1S/C31H31Cl2FN4O4/c1-30(2,3)14-24-31(20-7-6-17(32)13-22(20)37-29(31)41)25(16-9-18(33)12-19(34)10-16)26(38-24)28(40)36-21-8-5-15(27(35)39)11-23(21)42-4/h5-13,24-26,38H,14H2,1-4H3,(H2,35,39)(H,36,40)(H,37,41)/t24-,25-,26+,31?/m1/s1. The van der Waals surface area contributed by atoms with Crippen LogP contribution in [0.15, 0.2) is 54.6 Å². The predicted octanol–water partition coefficient (Wildman–Crippen LogP) is 5.63. The molecule has 2 aliphatic heterocycles. The molecule has 1 fully saturated rings. The van der Waals surface area contributed by atoms with E-state index in [-0.39, 0.29) is 27.7 Å². The van der Waals surface area contributed by atoms with Crippen LogP contribution in [0.1, 0.15) is 54.6 Å². The van der Waals surface area contributed by atoms with Gasteiger partial charge in [0.25, 0.3) is 0 Å². The Morgan fingerprint density at radius 3 is 2.45 bits per heavy atom. The van der Waals surface area contributed by atoms with Gasteiger partial charge in [-0.15, -0.1) is 0 Å².